The third-order valence-corrected chi connectivity index (χ3v) is 8.42. The van der Waals surface area contributed by atoms with Gasteiger partial charge in [0.15, 0.2) is 0 Å². The van der Waals surface area contributed by atoms with Gasteiger partial charge >= 0.3 is 0 Å². The predicted molar refractivity (Wildman–Crippen MR) is 154 cm³/mol. The van der Waals surface area contributed by atoms with Gasteiger partial charge in [0, 0.05) is 41.9 Å². The summed E-state index contributed by atoms with van der Waals surface area (Å²) in [4.78, 5) is 10.3. The zero-order valence-corrected chi connectivity index (χ0v) is 24.3. The summed E-state index contributed by atoms with van der Waals surface area (Å²) < 4.78 is 73.3. The number of rotatable bonds is 8. The predicted octanol–water partition coefficient (Wildman–Crippen LogP) is 4.98. The number of nitrogens with one attached hydrogen (secondary N) is 2. The van der Waals surface area contributed by atoms with Crippen molar-refractivity contribution in [2.24, 2.45) is 0 Å². The Kier molecular flexibility index (Phi) is 7.58. The van der Waals surface area contributed by atoms with E-state index < -0.39 is 26.6 Å². The first-order valence-corrected chi connectivity index (χ1v) is 14.9. The van der Waals surface area contributed by atoms with Gasteiger partial charge in [-0.05, 0) is 49.7 Å². The van der Waals surface area contributed by atoms with Gasteiger partial charge < -0.3 is 13.9 Å². The lowest BCUT2D eigenvalue weighted by Gasteiger charge is -2.34. The van der Waals surface area contributed by atoms with Gasteiger partial charge in [-0.3, -0.25) is 14.7 Å². The molecule has 2 aromatic carbocycles. The number of anilines is 1. The van der Waals surface area contributed by atoms with Gasteiger partial charge in [-0.2, -0.15) is 5.10 Å². The Morgan fingerprint density at radius 1 is 1.05 bits per heavy atom. The first-order chi connectivity index (χ1) is 20.6. The van der Waals surface area contributed by atoms with Gasteiger partial charge in [-0.15, -0.1) is 0 Å². The number of fused-ring (bicyclic) bond motifs is 1. The molecule has 2 atom stereocenters. The van der Waals surface area contributed by atoms with Crippen LogP contribution in [0, 0.1) is 11.6 Å². The average Bonchev–Trinajstić information content (AvgIpc) is 3.61. The number of methoxy groups -OCH3 is 1. The Balaban J connectivity index is 1.34. The molecule has 1 aliphatic rings. The van der Waals surface area contributed by atoms with Gasteiger partial charge in [-0.25, -0.2) is 27.2 Å². The summed E-state index contributed by atoms with van der Waals surface area (Å²) in [6.07, 6.45) is 5.13. The Bertz CT molecular complexity index is 1900. The van der Waals surface area contributed by atoms with Crippen LogP contribution < -0.4 is 9.46 Å². The molecule has 0 spiro atoms. The number of nitrogens with zero attached hydrogens (tertiary/aromatic N) is 4. The van der Waals surface area contributed by atoms with Crippen molar-refractivity contribution in [2.45, 2.75) is 37.5 Å². The second-order valence-corrected chi connectivity index (χ2v) is 12.1. The minimum Gasteiger partial charge on any atom is -0.480 e. The molecule has 1 aliphatic heterocycles. The van der Waals surface area contributed by atoms with Gasteiger partial charge in [0.2, 0.25) is 11.8 Å². The van der Waals surface area contributed by atoms with Crippen LogP contribution in [0.4, 0.5) is 14.5 Å². The third-order valence-electron chi connectivity index (χ3n) is 7.02. The molecule has 0 bridgehead atoms. The first kappa shape index (κ1) is 28.7. The van der Waals surface area contributed by atoms with Crippen molar-refractivity contribution in [1.82, 2.24) is 25.1 Å². The highest BCUT2D eigenvalue weighted by Crippen LogP contribution is 2.36. The van der Waals surface area contributed by atoms with Gasteiger partial charge in [-0.1, -0.05) is 0 Å². The lowest BCUT2D eigenvalue weighted by atomic mass is 10.0. The van der Waals surface area contributed by atoms with E-state index in [-0.39, 0.29) is 23.8 Å². The quantitative estimate of drug-likeness (QED) is 0.249. The molecule has 6 rings (SSSR count). The fourth-order valence-corrected chi connectivity index (χ4v) is 6.38. The van der Waals surface area contributed by atoms with E-state index in [4.69, 9.17) is 13.9 Å². The molecule has 43 heavy (non-hydrogen) atoms. The van der Waals surface area contributed by atoms with Crippen molar-refractivity contribution in [3.8, 4) is 28.5 Å². The largest absolute Gasteiger partial charge is 0.480 e. The van der Waals surface area contributed by atoms with E-state index in [0.717, 1.165) is 30.6 Å². The zero-order chi connectivity index (χ0) is 30.3. The summed E-state index contributed by atoms with van der Waals surface area (Å²) in [5.74, 6) is -1.07. The fourth-order valence-electron chi connectivity index (χ4n) is 5.27. The van der Waals surface area contributed by atoms with E-state index in [0.29, 0.717) is 46.5 Å². The molecule has 224 valence electrons. The molecule has 1 fully saturated rings. The van der Waals surface area contributed by atoms with Crippen LogP contribution in [0.2, 0.25) is 0 Å². The molecule has 14 heteroatoms. The highest BCUT2D eigenvalue weighted by Gasteiger charge is 2.25. The van der Waals surface area contributed by atoms with Crippen LogP contribution in [0.3, 0.4) is 0 Å². The van der Waals surface area contributed by atoms with E-state index in [1.54, 1.807) is 12.4 Å². The molecule has 0 unspecified atom stereocenters. The molecule has 11 nitrogen and oxygen atoms in total. The van der Waals surface area contributed by atoms with Gasteiger partial charge in [0.25, 0.3) is 10.0 Å². The Hall–Kier alpha value is -4.40. The molecule has 4 heterocycles. The summed E-state index contributed by atoms with van der Waals surface area (Å²) in [7, 11) is -3.13. The van der Waals surface area contributed by atoms with Crippen molar-refractivity contribution in [1.29, 1.82) is 0 Å². The Morgan fingerprint density at radius 2 is 1.84 bits per heavy atom. The molecular formula is C29H28F2N6O5S. The van der Waals surface area contributed by atoms with Gasteiger partial charge in [0.05, 0.1) is 43.8 Å². The summed E-state index contributed by atoms with van der Waals surface area (Å²) in [6.45, 7) is 6.24. The number of H-pyrrole nitrogens is 1. The summed E-state index contributed by atoms with van der Waals surface area (Å²) >= 11 is 0. The third kappa shape index (κ3) is 5.94. The summed E-state index contributed by atoms with van der Waals surface area (Å²) in [5, 5.41) is 7.91. The topological polar surface area (TPSA) is 135 Å². The van der Waals surface area contributed by atoms with Crippen LogP contribution in [0.1, 0.15) is 19.6 Å². The van der Waals surface area contributed by atoms with Crippen molar-refractivity contribution < 1.29 is 31.1 Å². The molecule has 0 amide bonds. The number of oxazole rings is 1. The van der Waals surface area contributed by atoms with E-state index in [1.807, 2.05) is 26.0 Å². The lowest BCUT2D eigenvalue weighted by Crippen LogP contribution is -2.44. The minimum atomic E-state index is -4.45. The normalized spacial score (nSPS) is 17.8. The number of hydrogen-bond acceptors (Lipinski definition) is 9. The molecule has 0 saturated carbocycles. The number of ether oxygens (including phenoxy) is 2. The van der Waals surface area contributed by atoms with E-state index in [9.17, 15) is 17.2 Å². The second kappa shape index (κ2) is 11.4. The number of pyridine rings is 1. The van der Waals surface area contributed by atoms with Crippen molar-refractivity contribution in [2.75, 3.05) is 24.9 Å². The van der Waals surface area contributed by atoms with Crippen LogP contribution in [-0.4, -0.2) is 65.9 Å². The second-order valence-electron chi connectivity index (χ2n) is 10.4. The molecule has 2 N–H and O–H groups in total. The van der Waals surface area contributed by atoms with E-state index in [1.165, 1.54) is 19.4 Å². The van der Waals surface area contributed by atoms with Gasteiger partial charge in [0.1, 0.15) is 28.0 Å². The molecule has 5 aromatic rings. The smallest absolute Gasteiger partial charge is 0.264 e. The number of aromatic amines is 1. The van der Waals surface area contributed by atoms with Crippen molar-refractivity contribution in [3.05, 3.63) is 72.4 Å². The van der Waals surface area contributed by atoms with Crippen LogP contribution in [-0.2, 0) is 21.3 Å². The number of benzene rings is 2. The van der Waals surface area contributed by atoms with Crippen molar-refractivity contribution >= 4 is 26.6 Å². The Labute approximate surface area is 245 Å². The number of hydrogen-bond donors (Lipinski definition) is 2. The van der Waals surface area contributed by atoms with Crippen LogP contribution in [0.5, 0.6) is 5.88 Å². The standard InChI is InChI=1S/C29H28F2N6O5S/c1-16-13-37(14-17(2)41-16)15-21-11-33-28(42-21)22-6-18(7-25-23(22)12-34-35-25)19-8-26(29(40-3)32-10-19)36-43(38,39)27-5-4-20(30)9-24(27)31/h4-12,16-17,36H,13-15H2,1-3H3,(H,34,35)/t16-,17+. The van der Waals surface area contributed by atoms with E-state index >= 15 is 0 Å². The van der Waals surface area contributed by atoms with Crippen LogP contribution in [0.15, 0.2) is 64.3 Å². The number of aromatic nitrogens is 4. The highest BCUT2D eigenvalue weighted by molar-refractivity contribution is 7.92. The maximum atomic E-state index is 14.3. The number of halogens is 2. The summed E-state index contributed by atoms with van der Waals surface area (Å²) in [5.41, 5.74) is 2.48. The average molecular weight is 611 g/mol. The first-order valence-electron chi connectivity index (χ1n) is 13.4. The Morgan fingerprint density at radius 3 is 2.58 bits per heavy atom. The number of sulfonamides is 1. The SMILES string of the molecule is COc1ncc(-c2cc(-c3ncc(CN4C[C@@H](C)O[C@@H](C)C4)o3)c3cn[nH]c3c2)cc1NS(=O)(=O)c1ccc(F)cc1F. The maximum absolute atomic E-state index is 14.3. The summed E-state index contributed by atoms with van der Waals surface area (Å²) in [6, 6.07) is 7.38. The minimum absolute atomic E-state index is 0.0395. The monoisotopic (exact) mass is 610 g/mol. The van der Waals surface area contributed by atoms with E-state index in [2.05, 4.69) is 29.8 Å². The molecule has 0 radical (unpaired) electrons. The fraction of sp³-hybridized carbons (Fsp3) is 0.276. The molecule has 0 aliphatic carbocycles. The zero-order valence-electron chi connectivity index (χ0n) is 23.5. The lowest BCUT2D eigenvalue weighted by molar-refractivity contribution is -0.0718. The van der Waals surface area contributed by atoms with Crippen LogP contribution >= 0.6 is 0 Å². The highest BCUT2D eigenvalue weighted by atomic mass is 32.2. The number of morpholine rings is 1. The molecule has 3 aromatic heterocycles. The van der Waals surface area contributed by atoms with Crippen molar-refractivity contribution in [3.63, 3.8) is 0 Å². The maximum Gasteiger partial charge on any atom is 0.264 e. The molecular weight excluding hydrogens is 582 g/mol. The van der Waals surface area contributed by atoms with Crippen LogP contribution in [0.25, 0.3) is 33.5 Å². The molecule has 1 saturated heterocycles.